The Balaban J connectivity index is 1.68. The number of hydrogen-bond acceptors (Lipinski definition) is 5. The standard InChI is InChI=1S/C19H22F3N5O2/c1-26(2)16-17(24-10-9-23-16)29-13-6-5-11-27(12-13)18(28)25-15-8-4-3-7-14(15)19(20,21)22/h3-4,7-10,13H,5-6,11-12H2,1-2H3,(H,25,28). The molecule has 0 spiro atoms. The van der Waals surface area contributed by atoms with Gasteiger partial charge in [0.1, 0.15) is 6.10 Å². The molecule has 2 heterocycles. The van der Waals surface area contributed by atoms with E-state index in [0.29, 0.717) is 31.1 Å². The van der Waals surface area contributed by atoms with Crippen LogP contribution in [-0.2, 0) is 6.18 Å². The molecule has 29 heavy (non-hydrogen) atoms. The lowest BCUT2D eigenvalue weighted by Crippen LogP contribution is -2.46. The maximum absolute atomic E-state index is 13.1. The highest BCUT2D eigenvalue weighted by Gasteiger charge is 2.34. The van der Waals surface area contributed by atoms with Crippen molar-refractivity contribution < 1.29 is 22.7 Å². The van der Waals surface area contributed by atoms with Gasteiger partial charge in [0.05, 0.1) is 17.8 Å². The first-order valence-electron chi connectivity index (χ1n) is 9.13. The third-order valence-corrected chi connectivity index (χ3v) is 4.49. The molecule has 1 atom stereocenters. The lowest BCUT2D eigenvalue weighted by molar-refractivity contribution is -0.136. The number of carbonyl (C=O) groups is 1. The van der Waals surface area contributed by atoms with Crippen molar-refractivity contribution in [2.24, 2.45) is 0 Å². The van der Waals surface area contributed by atoms with E-state index in [1.54, 1.807) is 11.1 Å². The number of nitrogens with one attached hydrogen (secondary N) is 1. The summed E-state index contributed by atoms with van der Waals surface area (Å²) in [6.45, 7) is 0.671. The molecule has 10 heteroatoms. The molecule has 0 bridgehead atoms. The van der Waals surface area contributed by atoms with Gasteiger partial charge in [-0.2, -0.15) is 13.2 Å². The Morgan fingerprint density at radius 1 is 1.24 bits per heavy atom. The molecule has 1 aliphatic heterocycles. The number of aromatic nitrogens is 2. The van der Waals surface area contributed by atoms with Crippen molar-refractivity contribution in [2.75, 3.05) is 37.4 Å². The van der Waals surface area contributed by atoms with Crippen LogP contribution in [-0.4, -0.2) is 54.2 Å². The molecule has 156 valence electrons. The largest absolute Gasteiger partial charge is 0.470 e. The van der Waals surface area contributed by atoms with Crippen LogP contribution in [0.25, 0.3) is 0 Å². The number of hydrogen-bond donors (Lipinski definition) is 1. The number of nitrogens with zero attached hydrogens (tertiary/aromatic N) is 4. The van der Waals surface area contributed by atoms with Crippen LogP contribution in [0.15, 0.2) is 36.7 Å². The van der Waals surface area contributed by atoms with E-state index in [1.807, 2.05) is 14.1 Å². The van der Waals surface area contributed by atoms with Gasteiger partial charge in [0.15, 0.2) is 5.82 Å². The van der Waals surface area contributed by atoms with E-state index >= 15 is 0 Å². The lowest BCUT2D eigenvalue weighted by atomic mass is 10.1. The Kier molecular flexibility index (Phi) is 6.09. The number of rotatable bonds is 4. The average molecular weight is 409 g/mol. The van der Waals surface area contributed by atoms with Crippen molar-refractivity contribution in [3.05, 3.63) is 42.2 Å². The second kappa shape index (κ2) is 8.54. The summed E-state index contributed by atoms with van der Waals surface area (Å²) in [5.74, 6) is 0.917. The Hall–Kier alpha value is -3.04. The first kappa shape index (κ1) is 20.7. The maximum atomic E-state index is 13.1. The number of alkyl halides is 3. The normalized spacial score (nSPS) is 17.0. The van der Waals surface area contributed by atoms with Crippen molar-refractivity contribution in [2.45, 2.75) is 25.1 Å². The third kappa shape index (κ3) is 5.07. The van der Waals surface area contributed by atoms with E-state index in [4.69, 9.17) is 4.74 Å². The minimum absolute atomic E-state index is 0.240. The predicted octanol–water partition coefficient (Wildman–Crippen LogP) is 3.64. The van der Waals surface area contributed by atoms with Crippen molar-refractivity contribution in [3.8, 4) is 5.88 Å². The van der Waals surface area contributed by atoms with E-state index in [1.165, 1.54) is 29.3 Å². The molecule has 0 aliphatic carbocycles. The van der Waals surface area contributed by atoms with Crippen LogP contribution in [0.5, 0.6) is 5.88 Å². The van der Waals surface area contributed by atoms with Crippen LogP contribution in [0.4, 0.5) is 29.5 Å². The molecule has 1 aromatic carbocycles. The first-order chi connectivity index (χ1) is 13.8. The quantitative estimate of drug-likeness (QED) is 0.835. The molecule has 1 N–H and O–H groups in total. The lowest BCUT2D eigenvalue weighted by Gasteiger charge is -2.33. The molecule has 2 aromatic rings. The number of anilines is 2. The zero-order valence-electron chi connectivity index (χ0n) is 16.1. The fraction of sp³-hybridized carbons (Fsp3) is 0.421. The van der Waals surface area contributed by atoms with E-state index in [2.05, 4.69) is 15.3 Å². The van der Waals surface area contributed by atoms with Gasteiger partial charge < -0.3 is 19.9 Å². The molecule has 1 aliphatic rings. The second-order valence-electron chi connectivity index (χ2n) is 6.88. The summed E-state index contributed by atoms with van der Waals surface area (Å²) < 4.78 is 45.4. The molecule has 3 rings (SSSR count). The number of carbonyl (C=O) groups excluding carboxylic acids is 1. The maximum Gasteiger partial charge on any atom is 0.418 e. The summed E-state index contributed by atoms with van der Waals surface area (Å²) in [5, 5.41) is 2.38. The molecule has 0 saturated carbocycles. The molecule has 7 nitrogen and oxygen atoms in total. The first-order valence-corrected chi connectivity index (χ1v) is 9.13. The van der Waals surface area contributed by atoms with Crippen LogP contribution in [0, 0.1) is 0 Å². The molecule has 1 aromatic heterocycles. The summed E-state index contributed by atoms with van der Waals surface area (Å²) in [7, 11) is 3.63. The Morgan fingerprint density at radius 2 is 1.97 bits per heavy atom. The number of urea groups is 1. The van der Waals surface area contributed by atoms with Gasteiger partial charge in [-0.25, -0.2) is 14.8 Å². The highest BCUT2D eigenvalue weighted by molar-refractivity contribution is 5.90. The Labute approximate surface area is 166 Å². The van der Waals surface area contributed by atoms with E-state index in [0.717, 1.165) is 6.07 Å². The minimum atomic E-state index is -4.55. The Morgan fingerprint density at radius 3 is 2.69 bits per heavy atom. The Bertz CT molecular complexity index is 860. The summed E-state index contributed by atoms with van der Waals surface area (Å²) >= 11 is 0. The van der Waals surface area contributed by atoms with E-state index in [9.17, 15) is 18.0 Å². The molecular weight excluding hydrogens is 387 g/mol. The number of benzene rings is 1. The summed E-state index contributed by atoms with van der Waals surface area (Å²) in [6.07, 6.45) is -0.442. The molecular formula is C19H22F3N5O2. The van der Waals surface area contributed by atoms with Gasteiger partial charge in [-0.1, -0.05) is 12.1 Å². The number of para-hydroxylation sites is 1. The predicted molar refractivity (Wildman–Crippen MR) is 102 cm³/mol. The number of likely N-dealkylation sites (tertiary alicyclic amines) is 1. The molecule has 1 fully saturated rings. The summed E-state index contributed by atoms with van der Waals surface area (Å²) in [4.78, 5) is 24.2. The van der Waals surface area contributed by atoms with Crippen LogP contribution in [0.3, 0.4) is 0 Å². The van der Waals surface area contributed by atoms with Crippen LogP contribution >= 0.6 is 0 Å². The van der Waals surface area contributed by atoms with Gasteiger partial charge in [-0.15, -0.1) is 0 Å². The summed E-state index contributed by atoms with van der Waals surface area (Å²) in [5.41, 5.74) is -1.15. The van der Waals surface area contributed by atoms with Crippen LogP contribution in [0.1, 0.15) is 18.4 Å². The zero-order chi connectivity index (χ0) is 21.0. The van der Waals surface area contributed by atoms with E-state index in [-0.39, 0.29) is 18.3 Å². The van der Waals surface area contributed by atoms with Crippen molar-refractivity contribution in [1.29, 1.82) is 0 Å². The fourth-order valence-corrected chi connectivity index (χ4v) is 3.12. The van der Waals surface area contributed by atoms with Crippen LogP contribution < -0.4 is 15.0 Å². The van der Waals surface area contributed by atoms with Gasteiger partial charge in [0.25, 0.3) is 5.88 Å². The average Bonchev–Trinajstić information content (AvgIpc) is 2.68. The van der Waals surface area contributed by atoms with Crippen molar-refractivity contribution in [1.82, 2.24) is 14.9 Å². The van der Waals surface area contributed by atoms with Gasteiger partial charge >= 0.3 is 12.2 Å². The monoisotopic (exact) mass is 409 g/mol. The highest BCUT2D eigenvalue weighted by atomic mass is 19.4. The number of piperidine rings is 1. The topological polar surface area (TPSA) is 70.6 Å². The highest BCUT2D eigenvalue weighted by Crippen LogP contribution is 2.34. The van der Waals surface area contributed by atoms with Crippen molar-refractivity contribution >= 4 is 17.5 Å². The van der Waals surface area contributed by atoms with Gasteiger partial charge in [-0.3, -0.25) is 0 Å². The fourth-order valence-electron chi connectivity index (χ4n) is 3.12. The SMILES string of the molecule is CN(C)c1nccnc1OC1CCCN(C(=O)Nc2ccccc2C(F)(F)F)C1. The molecule has 1 unspecified atom stereocenters. The van der Waals surface area contributed by atoms with Gasteiger partial charge in [0.2, 0.25) is 0 Å². The van der Waals surface area contributed by atoms with Crippen LogP contribution in [0.2, 0.25) is 0 Å². The molecule has 0 radical (unpaired) electrons. The van der Waals surface area contributed by atoms with Crippen molar-refractivity contribution in [3.63, 3.8) is 0 Å². The summed E-state index contributed by atoms with van der Waals surface area (Å²) in [6, 6.07) is 4.31. The third-order valence-electron chi connectivity index (χ3n) is 4.49. The second-order valence-corrected chi connectivity index (χ2v) is 6.88. The smallest absolute Gasteiger partial charge is 0.418 e. The minimum Gasteiger partial charge on any atom is -0.470 e. The van der Waals surface area contributed by atoms with Gasteiger partial charge in [0, 0.05) is 33.0 Å². The number of halogens is 3. The molecule has 2 amide bonds. The number of ether oxygens (including phenoxy) is 1. The number of amides is 2. The zero-order valence-corrected chi connectivity index (χ0v) is 16.1. The van der Waals surface area contributed by atoms with E-state index < -0.39 is 17.8 Å². The van der Waals surface area contributed by atoms with Gasteiger partial charge in [-0.05, 0) is 25.0 Å². The molecule has 1 saturated heterocycles.